The first-order valence-corrected chi connectivity index (χ1v) is 5.37. The second-order valence-electron chi connectivity index (χ2n) is 3.47. The lowest BCUT2D eigenvalue weighted by molar-refractivity contribution is 0.628. The van der Waals surface area contributed by atoms with Crippen molar-refractivity contribution in [3.63, 3.8) is 0 Å². The summed E-state index contributed by atoms with van der Waals surface area (Å²) in [5, 5.41) is 9.06. The van der Waals surface area contributed by atoms with Gasteiger partial charge in [0, 0.05) is 5.56 Å². The summed E-state index contributed by atoms with van der Waals surface area (Å²) < 4.78 is 13.1. The number of nitriles is 1. The second kappa shape index (κ2) is 4.94. The Hall–Kier alpha value is -1.92. The summed E-state index contributed by atoms with van der Waals surface area (Å²) in [6.07, 6.45) is 0.145. The van der Waals surface area contributed by atoms with Crippen LogP contribution in [0, 0.1) is 17.1 Å². The zero-order valence-electron chi connectivity index (χ0n) is 8.82. The molecule has 0 saturated carbocycles. The van der Waals surface area contributed by atoms with Crippen LogP contribution in [-0.2, 0) is 6.42 Å². The van der Waals surface area contributed by atoms with E-state index in [0.29, 0.717) is 16.4 Å². The van der Waals surface area contributed by atoms with Crippen LogP contribution in [0.4, 0.5) is 4.39 Å². The largest absolute Gasteiger partial charge is 0.239 e. The summed E-state index contributed by atoms with van der Waals surface area (Å²) in [7, 11) is 0. The monoisotopic (exact) mass is 246 g/mol. The highest BCUT2D eigenvalue weighted by molar-refractivity contribution is 6.29. The van der Waals surface area contributed by atoms with Gasteiger partial charge in [-0.05, 0) is 29.8 Å². The van der Waals surface area contributed by atoms with Crippen molar-refractivity contribution in [3.8, 4) is 17.2 Å². The molecular weight excluding hydrogens is 239 g/mol. The molecule has 0 fully saturated rings. The molecule has 2 aromatic rings. The summed E-state index contributed by atoms with van der Waals surface area (Å²) in [5.41, 5.74) is 1.99. The first-order chi connectivity index (χ1) is 8.20. The number of rotatable bonds is 2. The van der Waals surface area contributed by atoms with Crippen molar-refractivity contribution in [1.82, 2.24) is 4.98 Å². The minimum absolute atomic E-state index is 0.145. The van der Waals surface area contributed by atoms with Gasteiger partial charge in [0.05, 0.1) is 18.2 Å². The Labute approximate surface area is 103 Å². The molecule has 4 heteroatoms. The van der Waals surface area contributed by atoms with Gasteiger partial charge in [-0.3, -0.25) is 0 Å². The molecule has 84 valence electrons. The predicted molar refractivity (Wildman–Crippen MR) is 64.0 cm³/mol. The maximum Gasteiger partial charge on any atom is 0.129 e. The molecule has 2 rings (SSSR count). The van der Waals surface area contributed by atoms with E-state index < -0.39 is 0 Å². The third-order valence-corrected chi connectivity index (χ3v) is 2.53. The molecule has 1 heterocycles. The van der Waals surface area contributed by atoms with Crippen LogP contribution < -0.4 is 0 Å². The van der Waals surface area contributed by atoms with Crippen molar-refractivity contribution in [1.29, 1.82) is 5.26 Å². The molecule has 0 bridgehead atoms. The highest BCUT2D eigenvalue weighted by Crippen LogP contribution is 2.25. The highest BCUT2D eigenvalue weighted by Gasteiger charge is 2.08. The van der Waals surface area contributed by atoms with Gasteiger partial charge in [0.2, 0.25) is 0 Å². The molecule has 0 amide bonds. The van der Waals surface area contributed by atoms with Crippen LogP contribution in [0.2, 0.25) is 5.15 Å². The standard InChI is InChI=1S/C13H8ClFN2/c14-13-5-4-11(12(17-13)6-7-16)9-2-1-3-10(15)8-9/h1-5,8H,6H2. The summed E-state index contributed by atoms with van der Waals surface area (Å²) in [6, 6.07) is 11.6. The maximum absolute atomic E-state index is 13.1. The molecule has 0 aliphatic rings. The van der Waals surface area contributed by atoms with E-state index in [1.807, 2.05) is 6.07 Å². The molecule has 17 heavy (non-hydrogen) atoms. The van der Waals surface area contributed by atoms with Crippen molar-refractivity contribution >= 4 is 11.6 Å². The fourth-order valence-corrected chi connectivity index (χ4v) is 1.77. The SMILES string of the molecule is N#CCc1nc(Cl)ccc1-c1cccc(F)c1. The molecule has 2 nitrogen and oxygen atoms in total. The Morgan fingerprint density at radius 2 is 2.12 bits per heavy atom. The summed E-state index contributed by atoms with van der Waals surface area (Å²) >= 11 is 5.78. The molecule has 0 aliphatic carbocycles. The Morgan fingerprint density at radius 3 is 2.82 bits per heavy atom. The lowest BCUT2D eigenvalue weighted by Crippen LogP contribution is -1.93. The van der Waals surface area contributed by atoms with E-state index in [-0.39, 0.29) is 12.2 Å². The maximum atomic E-state index is 13.1. The molecule has 1 aromatic carbocycles. The van der Waals surface area contributed by atoms with E-state index in [2.05, 4.69) is 4.98 Å². The number of pyridine rings is 1. The van der Waals surface area contributed by atoms with Crippen molar-refractivity contribution in [2.24, 2.45) is 0 Å². The van der Waals surface area contributed by atoms with E-state index in [9.17, 15) is 4.39 Å². The summed E-state index contributed by atoms with van der Waals surface area (Å²) in [5.74, 6) is -0.319. The van der Waals surface area contributed by atoms with E-state index in [1.165, 1.54) is 12.1 Å². The van der Waals surface area contributed by atoms with Crippen LogP contribution in [0.3, 0.4) is 0 Å². The zero-order chi connectivity index (χ0) is 12.3. The fraction of sp³-hybridized carbons (Fsp3) is 0.0769. The molecule has 0 N–H and O–H groups in total. The topological polar surface area (TPSA) is 36.7 Å². The third-order valence-electron chi connectivity index (χ3n) is 2.32. The Bertz CT molecular complexity index is 590. The second-order valence-corrected chi connectivity index (χ2v) is 3.86. The molecule has 0 spiro atoms. The van der Waals surface area contributed by atoms with Crippen LogP contribution in [0.1, 0.15) is 5.69 Å². The minimum atomic E-state index is -0.319. The lowest BCUT2D eigenvalue weighted by Gasteiger charge is -2.06. The highest BCUT2D eigenvalue weighted by atomic mass is 35.5. The lowest BCUT2D eigenvalue weighted by atomic mass is 10.0. The Morgan fingerprint density at radius 1 is 1.29 bits per heavy atom. The number of halogens is 2. The van der Waals surface area contributed by atoms with Crippen molar-refractivity contribution in [2.45, 2.75) is 6.42 Å². The predicted octanol–water partition coefficient (Wildman–Crippen LogP) is 3.61. The van der Waals surface area contributed by atoms with E-state index in [1.54, 1.807) is 24.3 Å². The van der Waals surface area contributed by atoms with Gasteiger partial charge < -0.3 is 0 Å². The van der Waals surface area contributed by atoms with Crippen LogP contribution in [-0.4, -0.2) is 4.98 Å². The average molecular weight is 247 g/mol. The van der Waals surface area contributed by atoms with Gasteiger partial charge in [-0.2, -0.15) is 5.26 Å². The average Bonchev–Trinajstić information content (AvgIpc) is 2.29. The van der Waals surface area contributed by atoms with Crippen LogP contribution in [0.5, 0.6) is 0 Å². The van der Waals surface area contributed by atoms with Crippen molar-refractivity contribution in [2.75, 3.05) is 0 Å². The smallest absolute Gasteiger partial charge is 0.129 e. The molecule has 0 radical (unpaired) electrons. The molecule has 0 saturated heterocycles. The number of hydrogen-bond acceptors (Lipinski definition) is 2. The first-order valence-electron chi connectivity index (χ1n) is 4.99. The molecule has 0 aliphatic heterocycles. The van der Waals surface area contributed by atoms with Gasteiger partial charge in [-0.15, -0.1) is 0 Å². The van der Waals surface area contributed by atoms with Gasteiger partial charge in [0.1, 0.15) is 11.0 Å². The van der Waals surface area contributed by atoms with Gasteiger partial charge in [0.15, 0.2) is 0 Å². The normalized spacial score (nSPS) is 9.94. The van der Waals surface area contributed by atoms with Gasteiger partial charge in [-0.1, -0.05) is 23.7 Å². The molecule has 0 atom stereocenters. The first kappa shape index (κ1) is 11.6. The molecular formula is C13H8ClFN2. The Kier molecular flexibility index (Phi) is 3.36. The number of nitrogens with zero attached hydrogens (tertiary/aromatic N) is 2. The number of aromatic nitrogens is 1. The molecule has 0 unspecified atom stereocenters. The van der Waals surface area contributed by atoms with Crippen molar-refractivity contribution in [3.05, 3.63) is 53.1 Å². The van der Waals surface area contributed by atoms with Gasteiger partial charge in [-0.25, -0.2) is 9.37 Å². The quantitative estimate of drug-likeness (QED) is 0.759. The van der Waals surface area contributed by atoms with E-state index >= 15 is 0 Å². The van der Waals surface area contributed by atoms with Crippen LogP contribution in [0.25, 0.3) is 11.1 Å². The molecule has 1 aromatic heterocycles. The van der Waals surface area contributed by atoms with Crippen LogP contribution >= 0.6 is 11.6 Å². The van der Waals surface area contributed by atoms with Crippen molar-refractivity contribution < 1.29 is 4.39 Å². The van der Waals surface area contributed by atoms with Gasteiger partial charge >= 0.3 is 0 Å². The number of hydrogen-bond donors (Lipinski definition) is 0. The van der Waals surface area contributed by atoms with Gasteiger partial charge in [0.25, 0.3) is 0 Å². The number of benzene rings is 1. The summed E-state index contributed by atoms with van der Waals surface area (Å²) in [6.45, 7) is 0. The fourth-order valence-electron chi connectivity index (χ4n) is 1.60. The van der Waals surface area contributed by atoms with E-state index in [4.69, 9.17) is 16.9 Å². The zero-order valence-corrected chi connectivity index (χ0v) is 9.58. The Balaban J connectivity index is 2.55. The van der Waals surface area contributed by atoms with E-state index in [0.717, 1.165) is 5.56 Å². The third kappa shape index (κ3) is 2.61. The van der Waals surface area contributed by atoms with Crippen LogP contribution in [0.15, 0.2) is 36.4 Å². The summed E-state index contributed by atoms with van der Waals surface area (Å²) in [4.78, 5) is 4.09. The minimum Gasteiger partial charge on any atom is -0.239 e.